The summed E-state index contributed by atoms with van der Waals surface area (Å²) >= 11 is 6.58. The number of hydrogen-bond donors (Lipinski definition) is 0. The first-order valence-electron chi connectivity index (χ1n) is 5.06. The van der Waals surface area contributed by atoms with Crippen molar-refractivity contribution in [1.29, 1.82) is 0 Å². The zero-order valence-corrected chi connectivity index (χ0v) is 12.6. The quantitative estimate of drug-likeness (QED) is 0.603. The predicted octanol–water partition coefficient (Wildman–Crippen LogP) is 3.92. The second-order valence-electron chi connectivity index (χ2n) is 3.43. The minimum absolute atomic E-state index is 0.302. The smallest absolute Gasteiger partial charge is 0.343 e. The summed E-state index contributed by atoms with van der Waals surface area (Å²) in [4.78, 5) is 11.8. The summed E-state index contributed by atoms with van der Waals surface area (Å²) in [7, 11) is 1.32. The maximum Gasteiger partial charge on any atom is 0.343 e. The predicted molar refractivity (Wildman–Crippen MR) is 73.9 cm³/mol. The summed E-state index contributed by atoms with van der Waals surface area (Å²) in [6, 6.07) is 9.33. The van der Waals surface area contributed by atoms with Crippen LogP contribution in [0.4, 0.5) is 0 Å². The van der Waals surface area contributed by atoms with Crippen molar-refractivity contribution < 1.29 is 14.1 Å². The molecule has 0 spiro atoms. The molecule has 0 fully saturated rings. The van der Waals surface area contributed by atoms with Crippen LogP contribution in [0.3, 0.4) is 0 Å². The molecule has 0 unspecified atom stereocenters. The van der Waals surface area contributed by atoms with Gasteiger partial charge in [0.05, 0.1) is 7.11 Å². The molecular weight excluding hydrogens is 366 g/mol. The molecule has 0 aliphatic rings. The maximum atomic E-state index is 11.8. The van der Waals surface area contributed by atoms with Gasteiger partial charge in [-0.25, -0.2) is 4.79 Å². The number of hydrogen-bond acceptors (Lipinski definition) is 4. The molecule has 0 amide bonds. The molecule has 0 radical (unpaired) electrons. The number of aromatic nitrogens is 1. The van der Waals surface area contributed by atoms with Crippen LogP contribution in [0.15, 0.2) is 34.9 Å². The highest BCUT2D eigenvalue weighted by Gasteiger charge is 2.27. The molecule has 18 heavy (non-hydrogen) atoms. The highest BCUT2D eigenvalue weighted by atomic mass is 79.9. The number of nitrogens with zero attached hydrogens (tertiary/aromatic N) is 1. The standard InChI is InChI=1S/C12H9Br2NO3/c1-17-12(16)8-9(7-5-3-2-4-6-7)15-18-10(8)11(13)14/h2-6,11H,1H3. The molecule has 0 saturated carbocycles. The molecule has 1 aromatic carbocycles. The number of carbonyl (C=O) groups excluding carboxylic acids is 1. The van der Waals surface area contributed by atoms with Gasteiger partial charge in [-0.05, 0) is 0 Å². The highest BCUT2D eigenvalue weighted by molar-refractivity contribution is 9.24. The van der Waals surface area contributed by atoms with Gasteiger partial charge in [0.2, 0.25) is 0 Å². The minimum Gasteiger partial charge on any atom is -0.465 e. The lowest BCUT2D eigenvalue weighted by molar-refractivity contribution is 0.0599. The lowest BCUT2D eigenvalue weighted by Gasteiger charge is -2.02. The van der Waals surface area contributed by atoms with Crippen LogP contribution in [0.5, 0.6) is 0 Å². The van der Waals surface area contributed by atoms with E-state index in [9.17, 15) is 4.79 Å². The van der Waals surface area contributed by atoms with E-state index in [4.69, 9.17) is 9.26 Å². The lowest BCUT2D eigenvalue weighted by atomic mass is 10.1. The Bertz CT molecular complexity index is 552. The molecule has 0 N–H and O–H groups in total. The van der Waals surface area contributed by atoms with Gasteiger partial charge >= 0.3 is 5.97 Å². The largest absolute Gasteiger partial charge is 0.465 e. The molecule has 1 aromatic heterocycles. The summed E-state index contributed by atoms with van der Waals surface area (Å²) in [5.41, 5.74) is 1.59. The molecule has 6 heteroatoms. The number of benzene rings is 1. The van der Waals surface area contributed by atoms with Gasteiger partial charge in [-0.1, -0.05) is 67.3 Å². The molecule has 0 bridgehead atoms. The highest BCUT2D eigenvalue weighted by Crippen LogP contribution is 2.36. The number of halogens is 2. The fourth-order valence-electron chi connectivity index (χ4n) is 1.54. The van der Waals surface area contributed by atoms with Crippen LogP contribution in [-0.2, 0) is 4.74 Å². The molecular formula is C12H9Br2NO3. The van der Waals surface area contributed by atoms with Crippen molar-refractivity contribution in [2.24, 2.45) is 0 Å². The molecule has 0 aliphatic carbocycles. The average molecular weight is 375 g/mol. The maximum absolute atomic E-state index is 11.8. The van der Waals surface area contributed by atoms with E-state index in [1.54, 1.807) is 0 Å². The summed E-state index contributed by atoms with van der Waals surface area (Å²) in [6.45, 7) is 0. The number of carbonyl (C=O) groups is 1. The Labute approximate surface area is 121 Å². The molecule has 1 heterocycles. The fourth-order valence-corrected chi connectivity index (χ4v) is 2.17. The van der Waals surface area contributed by atoms with Crippen LogP contribution in [0, 0.1) is 0 Å². The monoisotopic (exact) mass is 373 g/mol. The van der Waals surface area contributed by atoms with Crippen LogP contribution in [0.1, 0.15) is 19.9 Å². The van der Waals surface area contributed by atoms with Crippen LogP contribution in [0.25, 0.3) is 11.3 Å². The van der Waals surface area contributed by atoms with Crippen molar-refractivity contribution >= 4 is 37.8 Å². The molecule has 94 valence electrons. The summed E-state index contributed by atoms with van der Waals surface area (Å²) in [6.07, 6.45) is 0. The second kappa shape index (κ2) is 5.67. The van der Waals surface area contributed by atoms with Gasteiger partial charge in [0.15, 0.2) is 5.76 Å². The van der Waals surface area contributed by atoms with Gasteiger partial charge in [-0.3, -0.25) is 0 Å². The van der Waals surface area contributed by atoms with Crippen LogP contribution in [0.2, 0.25) is 0 Å². The van der Waals surface area contributed by atoms with E-state index in [0.29, 0.717) is 17.0 Å². The van der Waals surface area contributed by atoms with Crippen LogP contribution in [-0.4, -0.2) is 18.2 Å². The molecule has 4 nitrogen and oxygen atoms in total. The van der Waals surface area contributed by atoms with Crippen molar-refractivity contribution in [1.82, 2.24) is 5.16 Å². The first-order valence-corrected chi connectivity index (χ1v) is 6.89. The Balaban J connectivity index is 2.58. The Kier molecular flexibility index (Phi) is 4.19. The first-order chi connectivity index (χ1) is 8.65. The lowest BCUT2D eigenvalue weighted by Crippen LogP contribution is -2.04. The van der Waals surface area contributed by atoms with E-state index in [-0.39, 0.29) is 3.74 Å². The third-order valence-corrected chi connectivity index (χ3v) is 3.19. The van der Waals surface area contributed by atoms with Crippen molar-refractivity contribution in [2.75, 3.05) is 7.11 Å². The third-order valence-electron chi connectivity index (χ3n) is 2.35. The Morgan fingerprint density at radius 3 is 2.56 bits per heavy atom. The molecule has 0 aliphatic heterocycles. The van der Waals surface area contributed by atoms with E-state index in [0.717, 1.165) is 5.56 Å². The summed E-state index contributed by atoms with van der Waals surface area (Å²) < 4.78 is 9.66. The van der Waals surface area contributed by atoms with E-state index >= 15 is 0 Å². The minimum atomic E-state index is -0.478. The molecule has 0 atom stereocenters. The molecule has 0 saturated heterocycles. The summed E-state index contributed by atoms with van der Waals surface area (Å²) in [5.74, 6) is -0.0882. The Morgan fingerprint density at radius 1 is 1.33 bits per heavy atom. The number of alkyl halides is 2. The number of esters is 1. The van der Waals surface area contributed by atoms with Gasteiger partial charge in [0.1, 0.15) is 15.0 Å². The summed E-state index contributed by atoms with van der Waals surface area (Å²) in [5, 5.41) is 3.94. The van der Waals surface area contributed by atoms with E-state index < -0.39 is 5.97 Å². The molecule has 2 aromatic rings. The Hall–Kier alpha value is -1.14. The van der Waals surface area contributed by atoms with Gasteiger partial charge in [-0.15, -0.1) is 0 Å². The normalized spacial score (nSPS) is 10.7. The SMILES string of the molecule is COC(=O)c1c(-c2ccccc2)noc1C(Br)Br. The van der Waals surface area contributed by atoms with Crippen molar-refractivity contribution in [3.8, 4) is 11.3 Å². The number of ether oxygens (including phenoxy) is 1. The number of rotatable bonds is 3. The first kappa shape index (κ1) is 13.3. The van der Waals surface area contributed by atoms with Gasteiger partial charge in [0, 0.05) is 5.56 Å². The average Bonchev–Trinajstić information content (AvgIpc) is 2.83. The van der Waals surface area contributed by atoms with Gasteiger partial charge in [0.25, 0.3) is 0 Å². The van der Waals surface area contributed by atoms with Crippen molar-refractivity contribution in [3.63, 3.8) is 0 Å². The van der Waals surface area contributed by atoms with Gasteiger partial charge < -0.3 is 9.26 Å². The number of methoxy groups -OCH3 is 1. The van der Waals surface area contributed by atoms with Crippen molar-refractivity contribution in [3.05, 3.63) is 41.7 Å². The Morgan fingerprint density at radius 2 is 2.00 bits per heavy atom. The van der Waals surface area contributed by atoms with Crippen LogP contribution < -0.4 is 0 Å². The fraction of sp³-hybridized carbons (Fsp3) is 0.167. The zero-order valence-electron chi connectivity index (χ0n) is 9.39. The topological polar surface area (TPSA) is 52.3 Å². The van der Waals surface area contributed by atoms with Crippen molar-refractivity contribution in [2.45, 2.75) is 3.74 Å². The van der Waals surface area contributed by atoms with E-state index in [1.807, 2.05) is 30.3 Å². The zero-order chi connectivity index (χ0) is 13.1. The van der Waals surface area contributed by atoms with Crippen LogP contribution >= 0.6 is 31.9 Å². The van der Waals surface area contributed by atoms with E-state index in [2.05, 4.69) is 37.0 Å². The second-order valence-corrected chi connectivity index (χ2v) is 6.49. The van der Waals surface area contributed by atoms with Gasteiger partial charge in [-0.2, -0.15) is 0 Å². The third kappa shape index (κ3) is 2.49. The molecule has 2 rings (SSSR count). The van der Waals surface area contributed by atoms with E-state index in [1.165, 1.54) is 7.11 Å².